The van der Waals surface area contributed by atoms with Crippen LogP contribution >= 0.6 is 0 Å². The Kier molecular flexibility index (Phi) is 3.51. The van der Waals surface area contributed by atoms with Gasteiger partial charge in [-0.2, -0.15) is 4.99 Å². The van der Waals surface area contributed by atoms with E-state index in [1.807, 2.05) is 25.1 Å². The van der Waals surface area contributed by atoms with Gasteiger partial charge in [0.05, 0.1) is 12.8 Å². The van der Waals surface area contributed by atoms with Gasteiger partial charge >= 0.3 is 0 Å². The number of aromatic nitrogens is 1. The van der Waals surface area contributed by atoms with Crippen LogP contribution in [0.15, 0.2) is 41.5 Å². The fraction of sp³-hybridized carbons (Fsp3) is 0.143. The van der Waals surface area contributed by atoms with Gasteiger partial charge in [-0.3, -0.25) is 4.98 Å². The summed E-state index contributed by atoms with van der Waals surface area (Å²) in [4.78, 5) is 18.3. The van der Waals surface area contributed by atoms with E-state index in [-0.39, 0.29) is 0 Å². The number of aliphatic imine (C=N–C) groups is 1. The van der Waals surface area contributed by atoms with E-state index < -0.39 is 0 Å². The first-order valence-electron chi connectivity index (χ1n) is 5.44. The fourth-order valence-corrected chi connectivity index (χ4v) is 1.78. The Bertz CT molecular complexity index is 617. The largest absolute Gasteiger partial charge is 0.496 e. The van der Waals surface area contributed by atoms with E-state index in [1.165, 1.54) is 0 Å². The van der Waals surface area contributed by atoms with Crippen LogP contribution in [-0.4, -0.2) is 18.2 Å². The summed E-state index contributed by atoms with van der Waals surface area (Å²) in [6.45, 7) is 1.95. The van der Waals surface area contributed by atoms with Crippen LogP contribution in [0.1, 0.15) is 5.56 Å². The third-order valence-corrected chi connectivity index (χ3v) is 2.62. The molecule has 4 nitrogen and oxygen atoms in total. The Balaban J connectivity index is 2.55. The molecule has 0 radical (unpaired) electrons. The lowest BCUT2D eigenvalue weighted by atomic mass is 10.1. The molecule has 1 heterocycles. The lowest BCUT2D eigenvalue weighted by Gasteiger charge is -2.08. The van der Waals surface area contributed by atoms with Gasteiger partial charge in [-0.25, -0.2) is 4.79 Å². The summed E-state index contributed by atoms with van der Waals surface area (Å²) in [5.74, 6) is 0.815. The highest BCUT2D eigenvalue weighted by Crippen LogP contribution is 2.30. The molecule has 0 amide bonds. The number of pyridine rings is 1. The Labute approximate surface area is 105 Å². The second-order valence-electron chi connectivity index (χ2n) is 3.76. The number of rotatable bonds is 3. The normalized spacial score (nSPS) is 9.67. The standard InChI is InChI=1S/C14H12N2O2/c1-10-8-11(5-6-13(10)18-2)14-12(16-9-17)4-3-7-15-14/h3-8H,1-2H3. The zero-order chi connectivity index (χ0) is 13.0. The lowest BCUT2D eigenvalue weighted by molar-refractivity contribution is 0.412. The number of nitrogens with zero attached hydrogens (tertiary/aromatic N) is 2. The highest BCUT2D eigenvalue weighted by atomic mass is 16.5. The number of ether oxygens (including phenoxy) is 1. The van der Waals surface area contributed by atoms with Gasteiger partial charge in [0.25, 0.3) is 0 Å². The average molecular weight is 240 g/mol. The Hall–Kier alpha value is -2.45. The van der Waals surface area contributed by atoms with Gasteiger partial charge in [0.15, 0.2) is 0 Å². The van der Waals surface area contributed by atoms with Crippen molar-refractivity contribution in [3.63, 3.8) is 0 Å². The van der Waals surface area contributed by atoms with Crippen molar-refractivity contribution in [2.45, 2.75) is 6.92 Å². The van der Waals surface area contributed by atoms with Gasteiger partial charge in [0.2, 0.25) is 6.08 Å². The zero-order valence-corrected chi connectivity index (χ0v) is 10.2. The minimum Gasteiger partial charge on any atom is -0.496 e. The van der Waals surface area contributed by atoms with Gasteiger partial charge in [-0.1, -0.05) is 0 Å². The van der Waals surface area contributed by atoms with E-state index >= 15 is 0 Å². The number of hydrogen-bond donors (Lipinski definition) is 0. The first kappa shape index (κ1) is 12.0. The van der Waals surface area contributed by atoms with E-state index in [1.54, 1.807) is 31.5 Å². The summed E-state index contributed by atoms with van der Waals surface area (Å²) >= 11 is 0. The molecule has 0 bridgehead atoms. The number of hydrogen-bond acceptors (Lipinski definition) is 4. The summed E-state index contributed by atoms with van der Waals surface area (Å²) < 4.78 is 5.21. The molecule has 0 N–H and O–H groups in total. The van der Waals surface area contributed by atoms with Crippen molar-refractivity contribution in [1.82, 2.24) is 4.98 Å². The molecular formula is C14H12N2O2. The number of benzene rings is 1. The van der Waals surface area contributed by atoms with Crippen molar-refractivity contribution in [2.24, 2.45) is 4.99 Å². The second-order valence-corrected chi connectivity index (χ2v) is 3.76. The first-order chi connectivity index (χ1) is 8.76. The van der Waals surface area contributed by atoms with Gasteiger partial charge in [0, 0.05) is 11.8 Å². The molecule has 0 unspecified atom stereocenters. The predicted octanol–water partition coefficient (Wildman–Crippen LogP) is 3.03. The van der Waals surface area contributed by atoms with Gasteiger partial charge in [0.1, 0.15) is 11.4 Å². The monoisotopic (exact) mass is 240 g/mol. The van der Waals surface area contributed by atoms with Crippen LogP contribution in [0.3, 0.4) is 0 Å². The number of aryl methyl sites for hydroxylation is 1. The predicted molar refractivity (Wildman–Crippen MR) is 68.7 cm³/mol. The van der Waals surface area contributed by atoms with Crippen LogP contribution < -0.4 is 4.74 Å². The molecule has 0 atom stereocenters. The fourth-order valence-electron chi connectivity index (χ4n) is 1.78. The van der Waals surface area contributed by atoms with E-state index in [0.29, 0.717) is 11.4 Å². The molecule has 0 aliphatic rings. The smallest absolute Gasteiger partial charge is 0.240 e. The number of methoxy groups -OCH3 is 1. The maximum Gasteiger partial charge on any atom is 0.240 e. The molecule has 0 saturated heterocycles. The summed E-state index contributed by atoms with van der Waals surface area (Å²) in [6, 6.07) is 9.17. The Morgan fingerprint density at radius 1 is 1.33 bits per heavy atom. The molecule has 0 spiro atoms. The summed E-state index contributed by atoms with van der Waals surface area (Å²) in [5, 5.41) is 0. The molecule has 2 aromatic rings. The minimum absolute atomic E-state index is 0.511. The summed E-state index contributed by atoms with van der Waals surface area (Å²) in [5.41, 5.74) is 3.06. The molecule has 90 valence electrons. The van der Waals surface area contributed by atoms with Crippen molar-refractivity contribution in [2.75, 3.05) is 7.11 Å². The lowest BCUT2D eigenvalue weighted by Crippen LogP contribution is -1.89. The van der Waals surface area contributed by atoms with Crippen LogP contribution in [0.2, 0.25) is 0 Å². The molecule has 18 heavy (non-hydrogen) atoms. The van der Waals surface area contributed by atoms with E-state index in [9.17, 15) is 4.79 Å². The zero-order valence-electron chi connectivity index (χ0n) is 10.2. The molecule has 4 heteroatoms. The Morgan fingerprint density at radius 2 is 2.17 bits per heavy atom. The molecule has 0 aliphatic carbocycles. The van der Waals surface area contributed by atoms with Crippen LogP contribution in [0.4, 0.5) is 5.69 Å². The van der Waals surface area contributed by atoms with Crippen molar-refractivity contribution in [3.8, 4) is 17.0 Å². The van der Waals surface area contributed by atoms with Crippen molar-refractivity contribution in [1.29, 1.82) is 0 Å². The molecule has 0 aliphatic heterocycles. The number of isocyanates is 1. The van der Waals surface area contributed by atoms with Crippen molar-refractivity contribution < 1.29 is 9.53 Å². The van der Waals surface area contributed by atoms with Gasteiger partial charge in [-0.05, 0) is 42.8 Å². The van der Waals surface area contributed by atoms with Crippen LogP contribution in [0, 0.1) is 6.92 Å². The van der Waals surface area contributed by atoms with Crippen LogP contribution in [0.5, 0.6) is 5.75 Å². The van der Waals surface area contributed by atoms with Crippen LogP contribution in [0.25, 0.3) is 11.3 Å². The molecule has 0 fully saturated rings. The molecule has 0 saturated carbocycles. The van der Waals surface area contributed by atoms with E-state index in [4.69, 9.17) is 4.74 Å². The molecular weight excluding hydrogens is 228 g/mol. The summed E-state index contributed by atoms with van der Waals surface area (Å²) in [7, 11) is 1.63. The first-order valence-corrected chi connectivity index (χ1v) is 5.44. The van der Waals surface area contributed by atoms with Gasteiger partial charge < -0.3 is 4.74 Å². The van der Waals surface area contributed by atoms with E-state index in [2.05, 4.69) is 9.98 Å². The highest BCUT2D eigenvalue weighted by molar-refractivity contribution is 5.74. The Morgan fingerprint density at radius 3 is 2.83 bits per heavy atom. The van der Waals surface area contributed by atoms with E-state index in [0.717, 1.165) is 16.9 Å². The molecule has 1 aromatic carbocycles. The maximum absolute atomic E-state index is 10.4. The maximum atomic E-state index is 10.4. The highest BCUT2D eigenvalue weighted by Gasteiger charge is 2.07. The molecule has 2 rings (SSSR count). The quantitative estimate of drug-likeness (QED) is 0.612. The molecule has 1 aromatic heterocycles. The topological polar surface area (TPSA) is 51.6 Å². The third-order valence-electron chi connectivity index (χ3n) is 2.62. The average Bonchev–Trinajstić information content (AvgIpc) is 2.40. The van der Waals surface area contributed by atoms with Crippen molar-refractivity contribution >= 4 is 11.8 Å². The van der Waals surface area contributed by atoms with Crippen molar-refractivity contribution in [3.05, 3.63) is 42.1 Å². The second kappa shape index (κ2) is 5.25. The van der Waals surface area contributed by atoms with Crippen LogP contribution in [-0.2, 0) is 4.79 Å². The minimum atomic E-state index is 0.511. The SMILES string of the molecule is COc1ccc(-c2ncccc2N=C=O)cc1C. The third kappa shape index (κ3) is 2.29. The van der Waals surface area contributed by atoms with Gasteiger partial charge in [-0.15, -0.1) is 0 Å². The number of carbonyl (C=O) groups excluding carboxylic acids is 1. The summed E-state index contributed by atoms with van der Waals surface area (Å²) in [6.07, 6.45) is 3.21.